The molecule has 18 heavy (non-hydrogen) atoms. The number of para-hydroxylation sites is 1. The Labute approximate surface area is 110 Å². The van der Waals surface area contributed by atoms with Crippen molar-refractivity contribution < 1.29 is 4.79 Å². The molecule has 0 bridgehead atoms. The first-order valence-electron chi connectivity index (χ1n) is 6.16. The molecule has 1 atom stereocenters. The highest BCUT2D eigenvalue weighted by atomic mass is 32.2. The molecule has 94 valence electrons. The second kappa shape index (κ2) is 4.65. The number of hydrazone groups is 1. The molecule has 0 spiro atoms. The van der Waals surface area contributed by atoms with E-state index in [0.717, 1.165) is 24.2 Å². The van der Waals surface area contributed by atoms with Crippen molar-refractivity contribution in [2.45, 2.75) is 25.0 Å². The number of fused-ring (bicyclic) bond motifs is 1. The van der Waals surface area contributed by atoms with Gasteiger partial charge in [0, 0.05) is 17.8 Å². The van der Waals surface area contributed by atoms with Crippen LogP contribution in [0.4, 0.5) is 10.5 Å². The van der Waals surface area contributed by atoms with Gasteiger partial charge in [0.15, 0.2) is 0 Å². The summed E-state index contributed by atoms with van der Waals surface area (Å²) in [5.74, 6) is 0. The summed E-state index contributed by atoms with van der Waals surface area (Å²) in [5, 5.41) is 7.70. The second-order valence-corrected chi connectivity index (χ2v) is 5.84. The Morgan fingerprint density at radius 3 is 3.17 bits per heavy atom. The highest BCUT2D eigenvalue weighted by Gasteiger charge is 2.25. The number of carbonyl (C=O) groups is 1. The molecule has 1 aromatic carbocycles. The zero-order valence-corrected chi connectivity index (χ0v) is 11.0. The number of thioether (sulfide) groups is 1. The van der Waals surface area contributed by atoms with Gasteiger partial charge in [-0.15, -0.1) is 0 Å². The largest absolute Gasteiger partial charge is 0.384 e. The van der Waals surface area contributed by atoms with Gasteiger partial charge in [0.05, 0.1) is 11.0 Å². The van der Waals surface area contributed by atoms with E-state index in [4.69, 9.17) is 0 Å². The lowest BCUT2D eigenvalue weighted by Gasteiger charge is -2.25. The molecule has 0 radical (unpaired) electrons. The Bertz CT molecular complexity index is 527. The third kappa shape index (κ3) is 1.99. The number of benzene rings is 1. The summed E-state index contributed by atoms with van der Waals surface area (Å²) in [6, 6.07) is 6.30. The summed E-state index contributed by atoms with van der Waals surface area (Å²) < 4.78 is 0. The van der Waals surface area contributed by atoms with Crippen LogP contribution in [0.25, 0.3) is 0 Å². The summed E-state index contributed by atoms with van der Waals surface area (Å²) in [7, 11) is 0. The first-order chi connectivity index (χ1) is 8.75. The molecule has 5 heteroatoms. The van der Waals surface area contributed by atoms with Crippen molar-refractivity contribution in [3.05, 3.63) is 29.3 Å². The van der Waals surface area contributed by atoms with E-state index in [1.807, 2.05) is 6.92 Å². The lowest BCUT2D eigenvalue weighted by atomic mass is 9.96. The number of carbonyl (C=O) groups excluding carboxylic acids is 1. The molecular weight excluding hydrogens is 246 g/mol. The number of rotatable bonds is 1. The Morgan fingerprint density at radius 2 is 2.33 bits per heavy atom. The van der Waals surface area contributed by atoms with Gasteiger partial charge < -0.3 is 5.32 Å². The van der Waals surface area contributed by atoms with Crippen LogP contribution in [-0.4, -0.2) is 22.7 Å². The third-order valence-electron chi connectivity index (χ3n) is 3.29. The van der Waals surface area contributed by atoms with Gasteiger partial charge in [-0.1, -0.05) is 30.0 Å². The van der Waals surface area contributed by atoms with E-state index in [1.165, 1.54) is 29.4 Å². The van der Waals surface area contributed by atoms with Crippen molar-refractivity contribution in [1.29, 1.82) is 0 Å². The van der Waals surface area contributed by atoms with Crippen LogP contribution in [0.3, 0.4) is 0 Å². The molecule has 1 amide bonds. The van der Waals surface area contributed by atoms with Gasteiger partial charge in [-0.3, -0.25) is 4.79 Å². The van der Waals surface area contributed by atoms with Crippen molar-refractivity contribution in [3.8, 4) is 0 Å². The molecule has 2 N–H and O–H groups in total. The smallest absolute Gasteiger partial charge is 0.299 e. The normalized spacial score (nSPS) is 22.6. The molecule has 3 rings (SSSR count). The van der Waals surface area contributed by atoms with Crippen molar-refractivity contribution in [1.82, 2.24) is 5.43 Å². The Hall–Kier alpha value is -1.49. The molecular formula is C13H15N3OS. The fourth-order valence-electron chi connectivity index (χ4n) is 2.44. The van der Waals surface area contributed by atoms with Gasteiger partial charge >= 0.3 is 0 Å². The van der Waals surface area contributed by atoms with Crippen LogP contribution in [0.2, 0.25) is 0 Å². The monoisotopic (exact) mass is 261 g/mol. The zero-order chi connectivity index (χ0) is 12.5. The minimum atomic E-state index is -0.0796. The number of aryl methyl sites for hydroxylation is 1. The van der Waals surface area contributed by atoms with Crippen LogP contribution in [0.15, 0.2) is 23.3 Å². The summed E-state index contributed by atoms with van der Waals surface area (Å²) in [6.07, 6.45) is 2.28. The number of anilines is 1. The van der Waals surface area contributed by atoms with Gasteiger partial charge in [0.1, 0.15) is 0 Å². The molecule has 4 nitrogen and oxygen atoms in total. The Kier molecular flexibility index (Phi) is 2.99. The van der Waals surface area contributed by atoms with E-state index in [1.54, 1.807) is 0 Å². The van der Waals surface area contributed by atoms with Crippen LogP contribution in [0.1, 0.15) is 24.5 Å². The SMILES string of the molecule is CC1SC(=O)NN=C1c1cccc2c1NCCC2. The molecule has 0 fully saturated rings. The highest BCUT2D eigenvalue weighted by molar-refractivity contribution is 8.14. The molecule has 2 heterocycles. The fraction of sp³-hybridized carbons (Fsp3) is 0.385. The van der Waals surface area contributed by atoms with Crippen molar-refractivity contribution in [2.75, 3.05) is 11.9 Å². The molecule has 0 saturated heterocycles. The number of hydrogen-bond donors (Lipinski definition) is 2. The number of amides is 1. The Balaban J connectivity index is 2.04. The standard InChI is InChI=1S/C13H15N3OS/c1-8-11(15-16-13(17)18-8)10-6-2-4-9-5-3-7-14-12(9)10/h2,4,6,8,14H,3,5,7H2,1H3,(H,16,17). The second-order valence-electron chi connectivity index (χ2n) is 4.53. The molecule has 1 aromatic rings. The lowest BCUT2D eigenvalue weighted by molar-refractivity contribution is 0.261. The molecule has 0 aromatic heterocycles. The van der Waals surface area contributed by atoms with Gasteiger partial charge in [-0.05, 0) is 25.3 Å². The third-order valence-corrected chi connectivity index (χ3v) is 4.17. The molecule has 2 aliphatic rings. The van der Waals surface area contributed by atoms with Crippen LogP contribution in [0, 0.1) is 0 Å². The van der Waals surface area contributed by atoms with E-state index in [2.05, 4.69) is 34.0 Å². The maximum atomic E-state index is 11.3. The number of hydrogen-bond acceptors (Lipinski definition) is 4. The quantitative estimate of drug-likeness (QED) is 0.817. The van der Waals surface area contributed by atoms with E-state index in [-0.39, 0.29) is 10.5 Å². The molecule has 0 saturated carbocycles. The maximum Gasteiger partial charge on any atom is 0.299 e. The number of nitrogens with one attached hydrogen (secondary N) is 2. The van der Waals surface area contributed by atoms with Gasteiger partial charge in [0.25, 0.3) is 5.24 Å². The number of nitrogens with zero attached hydrogens (tertiary/aromatic N) is 1. The predicted molar refractivity (Wildman–Crippen MR) is 75.4 cm³/mol. The average Bonchev–Trinajstić information content (AvgIpc) is 2.38. The zero-order valence-electron chi connectivity index (χ0n) is 10.2. The first kappa shape index (κ1) is 11.6. The van der Waals surface area contributed by atoms with E-state index < -0.39 is 0 Å². The van der Waals surface area contributed by atoms with Crippen molar-refractivity contribution in [2.24, 2.45) is 5.10 Å². The van der Waals surface area contributed by atoms with Gasteiger partial charge in [-0.25, -0.2) is 5.43 Å². The van der Waals surface area contributed by atoms with Gasteiger partial charge in [-0.2, -0.15) is 5.10 Å². The van der Waals surface area contributed by atoms with Crippen LogP contribution in [0.5, 0.6) is 0 Å². The van der Waals surface area contributed by atoms with Crippen molar-refractivity contribution >= 4 is 28.4 Å². The molecule has 2 aliphatic heterocycles. The van der Waals surface area contributed by atoms with Gasteiger partial charge in [0.2, 0.25) is 0 Å². The van der Waals surface area contributed by atoms with Crippen LogP contribution in [-0.2, 0) is 6.42 Å². The van der Waals surface area contributed by atoms with E-state index in [9.17, 15) is 4.79 Å². The highest BCUT2D eigenvalue weighted by Crippen LogP contribution is 2.30. The predicted octanol–water partition coefficient (Wildman–Crippen LogP) is 2.59. The minimum absolute atomic E-state index is 0.0796. The maximum absolute atomic E-state index is 11.3. The van der Waals surface area contributed by atoms with Crippen molar-refractivity contribution in [3.63, 3.8) is 0 Å². The molecule has 0 aliphatic carbocycles. The van der Waals surface area contributed by atoms with Crippen LogP contribution >= 0.6 is 11.8 Å². The topological polar surface area (TPSA) is 53.5 Å². The summed E-state index contributed by atoms with van der Waals surface area (Å²) >= 11 is 1.29. The lowest BCUT2D eigenvalue weighted by Crippen LogP contribution is -2.31. The first-order valence-corrected chi connectivity index (χ1v) is 7.04. The molecule has 1 unspecified atom stereocenters. The minimum Gasteiger partial charge on any atom is -0.384 e. The summed E-state index contributed by atoms with van der Waals surface area (Å²) in [6.45, 7) is 3.02. The van der Waals surface area contributed by atoms with Crippen LogP contribution < -0.4 is 10.7 Å². The average molecular weight is 261 g/mol. The summed E-state index contributed by atoms with van der Waals surface area (Å²) in [5.41, 5.74) is 7.15. The van der Waals surface area contributed by atoms with E-state index >= 15 is 0 Å². The Morgan fingerprint density at radius 1 is 1.44 bits per heavy atom. The summed E-state index contributed by atoms with van der Waals surface area (Å²) in [4.78, 5) is 11.3. The van der Waals surface area contributed by atoms with E-state index in [0.29, 0.717) is 0 Å². The fourth-order valence-corrected chi connectivity index (χ4v) is 3.15.